The second-order valence-corrected chi connectivity index (χ2v) is 5.58. The maximum Gasteiger partial charge on any atom is 0.0637 e. The van der Waals surface area contributed by atoms with E-state index < -0.39 is 0 Å². The topological polar surface area (TPSA) is 12.0 Å². The molecule has 1 rings (SSSR count). The fourth-order valence-corrected chi connectivity index (χ4v) is 2.40. The first-order valence-electron chi connectivity index (χ1n) is 5.76. The number of nitrogens with one attached hydrogen (secondary N) is 1. The highest BCUT2D eigenvalue weighted by atomic mass is 35.5. The number of rotatable bonds is 6. The number of benzene rings is 1. The Morgan fingerprint density at radius 2 is 2.00 bits per heavy atom. The van der Waals surface area contributed by atoms with Gasteiger partial charge >= 0.3 is 0 Å². The molecule has 0 aliphatic heterocycles. The van der Waals surface area contributed by atoms with Gasteiger partial charge in [-0.2, -0.15) is 0 Å². The third-order valence-electron chi connectivity index (χ3n) is 3.16. The molecule has 1 nitrogen and oxygen atoms in total. The standard InChI is InChI=1S/C13H18Cl3N/c1-3-13(2,7-8-14)17-9-10-5-4-6-11(15)12(10)16/h4-6,17H,3,7-9H2,1-2H3. The lowest BCUT2D eigenvalue weighted by atomic mass is 9.95. The van der Waals surface area contributed by atoms with Crippen LogP contribution in [0.1, 0.15) is 32.3 Å². The molecule has 1 aromatic rings. The van der Waals surface area contributed by atoms with Crippen LogP contribution in [0.25, 0.3) is 0 Å². The molecule has 0 heterocycles. The minimum absolute atomic E-state index is 0.0490. The summed E-state index contributed by atoms with van der Waals surface area (Å²) >= 11 is 17.9. The van der Waals surface area contributed by atoms with Crippen LogP contribution in [-0.2, 0) is 6.54 Å². The Kier molecular flexibility index (Phi) is 6.08. The van der Waals surface area contributed by atoms with Gasteiger partial charge in [-0.25, -0.2) is 0 Å². The molecule has 0 aromatic heterocycles. The Balaban J connectivity index is 2.69. The van der Waals surface area contributed by atoms with Gasteiger partial charge in [-0.3, -0.25) is 0 Å². The van der Waals surface area contributed by atoms with Crippen LogP contribution >= 0.6 is 34.8 Å². The summed E-state index contributed by atoms with van der Waals surface area (Å²) in [4.78, 5) is 0. The molecule has 17 heavy (non-hydrogen) atoms. The van der Waals surface area contributed by atoms with Crippen molar-refractivity contribution in [3.8, 4) is 0 Å². The van der Waals surface area contributed by atoms with Crippen LogP contribution in [0.4, 0.5) is 0 Å². The summed E-state index contributed by atoms with van der Waals surface area (Å²) < 4.78 is 0. The molecule has 0 bridgehead atoms. The van der Waals surface area contributed by atoms with Crippen LogP contribution < -0.4 is 5.32 Å². The van der Waals surface area contributed by atoms with Gasteiger partial charge in [0.25, 0.3) is 0 Å². The Bertz CT molecular complexity index is 368. The first-order chi connectivity index (χ1) is 8.02. The zero-order chi connectivity index (χ0) is 12.9. The average molecular weight is 295 g/mol. The van der Waals surface area contributed by atoms with Crippen LogP contribution in [0.5, 0.6) is 0 Å². The van der Waals surface area contributed by atoms with E-state index in [9.17, 15) is 0 Å². The van der Waals surface area contributed by atoms with Crippen molar-refractivity contribution in [2.24, 2.45) is 0 Å². The van der Waals surface area contributed by atoms with E-state index in [1.165, 1.54) is 0 Å². The van der Waals surface area contributed by atoms with Gasteiger partial charge in [0.1, 0.15) is 0 Å². The molecule has 0 saturated heterocycles. The highest BCUT2D eigenvalue weighted by Crippen LogP contribution is 2.26. The summed E-state index contributed by atoms with van der Waals surface area (Å²) in [6.07, 6.45) is 1.96. The van der Waals surface area contributed by atoms with Gasteiger partial charge in [0.05, 0.1) is 10.0 Å². The van der Waals surface area contributed by atoms with Crippen molar-refractivity contribution in [3.63, 3.8) is 0 Å². The smallest absolute Gasteiger partial charge is 0.0637 e. The van der Waals surface area contributed by atoms with Gasteiger partial charge in [-0.15, -0.1) is 11.6 Å². The Hall–Kier alpha value is 0.0500. The molecule has 1 atom stereocenters. The largest absolute Gasteiger partial charge is 0.307 e. The normalized spacial score (nSPS) is 14.6. The highest BCUT2D eigenvalue weighted by Gasteiger charge is 2.20. The molecule has 0 aliphatic rings. The van der Waals surface area contributed by atoms with Crippen LogP contribution in [0.2, 0.25) is 10.0 Å². The van der Waals surface area contributed by atoms with Crippen molar-refractivity contribution in [2.75, 3.05) is 5.88 Å². The third kappa shape index (κ3) is 4.33. The maximum absolute atomic E-state index is 6.14. The summed E-state index contributed by atoms with van der Waals surface area (Å²) in [5.74, 6) is 0.653. The predicted octanol–water partition coefficient (Wildman–Crippen LogP) is 4.88. The zero-order valence-electron chi connectivity index (χ0n) is 10.2. The lowest BCUT2D eigenvalue weighted by Crippen LogP contribution is -2.41. The van der Waals surface area contributed by atoms with Crippen molar-refractivity contribution in [2.45, 2.75) is 38.8 Å². The van der Waals surface area contributed by atoms with Gasteiger partial charge in [0.2, 0.25) is 0 Å². The molecule has 0 saturated carbocycles. The molecule has 0 fully saturated rings. The SMILES string of the molecule is CCC(C)(CCCl)NCc1cccc(Cl)c1Cl. The average Bonchev–Trinajstić information content (AvgIpc) is 2.31. The third-order valence-corrected chi connectivity index (χ3v) is 4.21. The molecule has 1 unspecified atom stereocenters. The van der Waals surface area contributed by atoms with E-state index in [0.29, 0.717) is 22.5 Å². The Morgan fingerprint density at radius 3 is 2.59 bits per heavy atom. The molecular formula is C13H18Cl3N. The molecular weight excluding hydrogens is 277 g/mol. The monoisotopic (exact) mass is 293 g/mol. The van der Waals surface area contributed by atoms with Crippen LogP contribution in [0.3, 0.4) is 0 Å². The summed E-state index contributed by atoms with van der Waals surface area (Å²) in [7, 11) is 0. The fraction of sp³-hybridized carbons (Fsp3) is 0.538. The van der Waals surface area contributed by atoms with E-state index in [0.717, 1.165) is 18.4 Å². The fourth-order valence-electron chi connectivity index (χ4n) is 1.59. The second kappa shape index (κ2) is 6.84. The van der Waals surface area contributed by atoms with Crippen LogP contribution in [0, 0.1) is 0 Å². The number of hydrogen-bond donors (Lipinski definition) is 1. The molecule has 4 heteroatoms. The highest BCUT2D eigenvalue weighted by molar-refractivity contribution is 6.42. The predicted molar refractivity (Wildman–Crippen MR) is 77.3 cm³/mol. The van der Waals surface area contributed by atoms with Gasteiger partial charge in [-0.05, 0) is 31.4 Å². The molecule has 1 N–H and O–H groups in total. The maximum atomic E-state index is 6.14. The van der Waals surface area contributed by atoms with Gasteiger partial charge < -0.3 is 5.32 Å². The molecule has 0 aliphatic carbocycles. The van der Waals surface area contributed by atoms with Crippen molar-refractivity contribution < 1.29 is 0 Å². The van der Waals surface area contributed by atoms with Crippen LogP contribution in [-0.4, -0.2) is 11.4 Å². The van der Waals surface area contributed by atoms with E-state index in [4.69, 9.17) is 34.8 Å². The van der Waals surface area contributed by atoms with E-state index in [-0.39, 0.29) is 5.54 Å². The van der Waals surface area contributed by atoms with Crippen molar-refractivity contribution in [1.29, 1.82) is 0 Å². The lowest BCUT2D eigenvalue weighted by molar-refractivity contribution is 0.331. The zero-order valence-corrected chi connectivity index (χ0v) is 12.5. The lowest BCUT2D eigenvalue weighted by Gasteiger charge is -2.29. The molecule has 0 radical (unpaired) electrons. The first-order valence-corrected chi connectivity index (χ1v) is 7.05. The van der Waals surface area contributed by atoms with Crippen molar-refractivity contribution in [3.05, 3.63) is 33.8 Å². The molecule has 0 spiro atoms. The number of alkyl halides is 1. The summed E-state index contributed by atoms with van der Waals surface area (Å²) in [5, 5.41) is 4.73. The first kappa shape index (κ1) is 15.1. The minimum atomic E-state index is 0.0490. The van der Waals surface area contributed by atoms with E-state index in [2.05, 4.69) is 19.2 Å². The second-order valence-electron chi connectivity index (χ2n) is 4.42. The molecule has 96 valence electrons. The van der Waals surface area contributed by atoms with Crippen molar-refractivity contribution in [1.82, 2.24) is 5.32 Å². The van der Waals surface area contributed by atoms with Gasteiger partial charge in [-0.1, -0.05) is 42.3 Å². The molecule has 0 amide bonds. The summed E-state index contributed by atoms with van der Waals surface area (Å²) in [6, 6.07) is 5.69. The number of halogens is 3. The Labute approximate surface area is 118 Å². The quantitative estimate of drug-likeness (QED) is 0.737. The van der Waals surface area contributed by atoms with Gasteiger partial charge in [0, 0.05) is 18.0 Å². The van der Waals surface area contributed by atoms with Crippen LogP contribution in [0.15, 0.2) is 18.2 Å². The van der Waals surface area contributed by atoms with E-state index >= 15 is 0 Å². The Morgan fingerprint density at radius 1 is 1.29 bits per heavy atom. The van der Waals surface area contributed by atoms with Crippen molar-refractivity contribution >= 4 is 34.8 Å². The summed E-state index contributed by atoms with van der Waals surface area (Å²) in [6.45, 7) is 5.04. The van der Waals surface area contributed by atoms with E-state index in [1.54, 1.807) is 6.07 Å². The van der Waals surface area contributed by atoms with E-state index in [1.807, 2.05) is 12.1 Å². The number of hydrogen-bond acceptors (Lipinski definition) is 1. The summed E-state index contributed by atoms with van der Waals surface area (Å²) in [5.41, 5.74) is 1.07. The minimum Gasteiger partial charge on any atom is -0.307 e. The van der Waals surface area contributed by atoms with Gasteiger partial charge in [0.15, 0.2) is 0 Å². The molecule has 1 aromatic carbocycles.